The Labute approximate surface area is 138 Å². The first-order chi connectivity index (χ1) is 11.0. The first-order valence-corrected chi connectivity index (χ1v) is 8.17. The van der Waals surface area contributed by atoms with Gasteiger partial charge in [-0.25, -0.2) is 0 Å². The van der Waals surface area contributed by atoms with E-state index >= 15 is 0 Å². The van der Waals surface area contributed by atoms with E-state index in [9.17, 15) is 0 Å². The van der Waals surface area contributed by atoms with Crippen molar-refractivity contribution in [3.05, 3.63) is 77.0 Å². The lowest BCUT2D eigenvalue weighted by atomic mass is 9.81. The van der Waals surface area contributed by atoms with Gasteiger partial charge in [-0.3, -0.25) is 4.98 Å². The third-order valence-corrected chi connectivity index (χ3v) is 5.19. The lowest BCUT2D eigenvalue weighted by Crippen LogP contribution is -2.15. The fourth-order valence-electron chi connectivity index (χ4n) is 3.88. The molecular formula is C22H21N. The Morgan fingerprint density at radius 3 is 2.30 bits per heavy atom. The predicted octanol–water partition coefficient (Wildman–Crippen LogP) is 5.67. The first kappa shape index (κ1) is 14.2. The van der Waals surface area contributed by atoms with Crippen LogP contribution in [0.15, 0.2) is 54.7 Å². The fraction of sp³-hybridized carbons (Fsp3) is 0.227. The Morgan fingerprint density at radius 1 is 0.739 bits per heavy atom. The summed E-state index contributed by atoms with van der Waals surface area (Å²) >= 11 is 0. The van der Waals surface area contributed by atoms with Crippen LogP contribution in [-0.2, 0) is 5.41 Å². The highest BCUT2D eigenvalue weighted by Gasteiger charge is 2.35. The summed E-state index contributed by atoms with van der Waals surface area (Å²) in [5.41, 5.74) is 10.5. The molecule has 0 saturated heterocycles. The number of fused-ring (bicyclic) bond motifs is 3. The Balaban J connectivity index is 2.01. The minimum Gasteiger partial charge on any atom is -0.256 e. The maximum Gasteiger partial charge on any atom is 0.0733 e. The van der Waals surface area contributed by atoms with E-state index in [1.54, 1.807) is 0 Å². The molecule has 1 aromatic heterocycles. The smallest absolute Gasteiger partial charge is 0.0733 e. The molecule has 1 heteroatoms. The van der Waals surface area contributed by atoms with E-state index in [0.717, 1.165) is 5.69 Å². The van der Waals surface area contributed by atoms with E-state index in [1.807, 2.05) is 12.3 Å². The van der Waals surface area contributed by atoms with Crippen LogP contribution < -0.4 is 0 Å². The summed E-state index contributed by atoms with van der Waals surface area (Å²) < 4.78 is 0. The topological polar surface area (TPSA) is 12.9 Å². The van der Waals surface area contributed by atoms with Gasteiger partial charge in [0.05, 0.1) is 5.69 Å². The molecule has 4 rings (SSSR count). The van der Waals surface area contributed by atoms with Gasteiger partial charge < -0.3 is 0 Å². The van der Waals surface area contributed by atoms with Gasteiger partial charge >= 0.3 is 0 Å². The fourth-order valence-corrected chi connectivity index (χ4v) is 3.88. The zero-order chi connectivity index (χ0) is 16.2. The molecule has 0 unspecified atom stereocenters. The second-order valence-corrected chi connectivity index (χ2v) is 7.05. The minimum atomic E-state index is 0.0388. The van der Waals surface area contributed by atoms with Crippen molar-refractivity contribution in [2.45, 2.75) is 33.1 Å². The van der Waals surface area contributed by atoms with Gasteiger partial charge in [-0.2, -0.15) is 0 Å². The van der Waals surface area contributed by atoms with Crippen LogP contribution in [0.5, 0.6) is 0 Å². The van der Waals surface area contributed by atoms with Crippen LogP contribution in [0.2, 0.25) is 0 Å². The maximum atomic E-state index is 4.63. The largest absolute Gasteiger partial charge is 0.256 e. The second kappa shape index (κ2) is 4.79. The summed E-state index contributed by atoms with van der Waals surface area (Å²) in [7, 11) is 0. The van der Waals surface area contributed by atoms with Crippen molar-refractivity contribution in [3.8, 4) is 22.4 Å². The van der Waals surface area contributed by atoms with E-state index < -0.39 is 0 Å². The minimum absolute atomic E-state index is 0.0388. The summed E-state index contributed by atoms with van der Waals surface area (Å²) in [6.07, 6.45) is 1.88. The molecule has 1 nitrogen and oxygen atoms in total. The van der Waals surface area contributed by atoms with Gasteiger partial charge in [0.1, 0.15) is 0 Å². The summed E-state index contributed by atoms with van der Waals surface area (Å²) in [4.78, 5) is 4.63. The Kier molecular flexibility index (Phi) is 2.96. The lowest BCUT2D eigenvalue weighted by molar-refractivity contribution is 0.660. The monoisotopic (exact) mass is 299 g/mol. The molecule has 1 aliphatic rings. The molecule has 0 fully saturated rings. The van der Waals surface area contributed by atoms with Crippen LogP contribution in [0.4, 0.5) is 0 Å². The average Bonchev–Trinajstić information content (AvgIpc) is 2.76. The maximum absolute atomic E-state index is 4.63. The van der Waals surface area contributed by atoms with Crippen LogP contribution >= 0.6 is 0 Å². The van der Waals surface area contributed by atoms with Gasteiger partial charge in [0.15, 0.2) is 0 Å². The highest BCUT2D eigenvalue weighted by molar-refractivity contribution is 5.84. The molecule has 1 heterocycles. The third-order valence-electron chi connectivity index (χ3n) is 5.19. The van der Waals surface area contributed by atoms with Crippen LogP contribution in [0.1, 0.15) is 36.1 Å². The number of benzene rings is 2. The van der Waals surface area contributed by atoms with Crippen LogP contribution in [0.3, 0.4) is 0 Å². The standard InChI is InChI=1S/C22H21N/c1-14-8-7-11-23-21(14)17-13-20-18(12-15(17)2)16-9-5-6-10-19(16)22(20,3)4/h5-13H,1-4H3. The molecule has 114 valence electrons. The van der Waals surface area contributed by atoms with Gasteiger partial charge in [-0.15, -0.1) is 0 Å². The summed E-state index contributed by atoms with van der Waals surface area (Å²) in [5.74, 6) is 0. The number of aryl methyl sites for hydroxylation is 2. The molecule has 0 radical (unpaired) electrons. The molecular weight excluding hydrogens is 278 g/mol. The van der Waals surface area contributed by atoms with Crippen LogP contribution in [0, 0.1) is 13.8 Å². The zero-order valence-corrected chi connectivity index (χ0v) is 14.1. The molecule has 0 bridgehead atoms. The molecule has 1 aliphatic carbocycles. The van der Waals surface area contributed by atoms with Gasteiger partial charge in [0.25, 0.3) is 0 Å². The van der Waals surface area contributed by atoms with E-state index in [4.69, 9.17) is 0 Å². The van der Waals surface area contributed by atoms with Crippen molar-refractivity contribution >= 4 is 0 Å². The molecule has 0 spiro atoms. The van der Waals surface area contributed by atoms with Crippen LogP contribution in [0.25, 0.3) is 22.4 Å². The molecule has 23 heavy (non-hydrogen) atoms. The number of pyridine rings is 1. The number of aromatic nitrogens is 1. The van der Waals surface area contributed by atoms with Gasteiger partial charge in [0.2, 0.25) is 0 Å². The highest BCUT2D eigenvalue weighted by atomic mass is 14.7. The third kappa shape index (κ3) is 1.96. The highest BCUT2D eigenvalue weighted by Crippen LogP contribution is 2.50. The van der Waals surface area contributed by atoms with Crippen molar-refractivity contribution in [3.63, 3.8) is 0 Å². The van der Waals surface area contributed by atoms with Crippen LogP contribution in [-0.4, -0.2) is 4.98 Å². The number of nitrogens with zero attached hydrogens (tertiary/aromatic N) is 1. The molecule has 2 aromatic carbocycles. The Bertz CT molecular complexity index is 919. The predicted molar refractivity (Wildman–Crippen MR) is 96.7 cm³/mol. The van der Waals surface area contributed by atoms with Crippen molar-refractivity contribution in [1.29, 1.82) is 0 Å². The number of hydrogen-bond acceptors (Lipinski definition) is 1. The van der Waals surface area contributed by atoms with Crippen molar-refractivity contribution < 1.29 is 0 Å². The van der Waals surface area contributed by atoms with E-state index in [2.05, 4.69) is 75.1 Å². The number of rotatable bonds is 1. The summed E-state index contributed by atoms with van der Waals surface area (Å²) in [5, 5.41) is 0. The summed E-state index contributed by atoms with van der Waals surface area (Å²) in [6, 6.07) is 17.6. The molecule has 0 saturated carbocycles. The Hall–Kier alpha value is -2.41. The van der Waals surface area contributed by atoms with Crippen molar-refractivity contribution in [1.82, 2.24) is 4.98 Å². The van der Waals surface area contributed by atoms with E-state index in [0.29, 0.717) is 0 Å². The molecule has 0 aliphatic heterocycles. The second-order valence-electron chi connectivity index (χ2n) is 7.05. The average molecular weight is 299 g/mol. The zero-order valence-electron chi connectivity index (χ0n) is 14.1. The first-order valence-electron chi connectivity index (χ1n) is 8.17. The lowest BCUT2D eigenvalue weighted by Gasteiger charge is -2.22. The quantitative estimate of drug-likeness (QED) is 0.564. The van der Waals surface area contributed by atoms with Gasteiger partial charge in [0, 0.05) is 17.2 Å². The molecule has 0 amide bonds. The normalized spacial score (nSPS) is 14.4. The van der Waals surface area contributed by atoms with Gasteiger partial charge in [-0.05, 0) is 59.4 Å². The van der Waals surface area contributed by atoms with Gasteiger partial charge in [-0.1, -0.05) is 50.2 Å². The SMILES string of the molecule is Cc1cc2c(cc1-c1ncccc1C)C(C)(C)c1ccccc1-2. The van der Waals surface area contributed by atoms with Crippen molar-refractivity contribution in [2.75, 3.05) is 0 Å². The molecule has 0 atom stereocenters. The molecule has 3 aromatic rings. The van der Waals surface area contributed by atoms with E-state index in [1.165, 1.54) is 38.9 Å². The Morgan fingerprint density at radius 2 is 1.52 bits per heavy atom. The molecule has 0 N–H and O–H groups in total. The van der Waals surface area contributed by atoms with Crippen molar-refractivity contribution in [2.24, 2.45) is 0 Å². The van der Waals surface area contributed by atoms with E-state index in [-0.39, 0.29) is 5.41 Å². The number of hydrogen-bond donors (Lipinski definition) is 0. The summed E-state index contributed by atoms with van der Waals surface area (Å²) in [6.45, 7) is 8.97.